The fourth-order valence-electron chi connectivity index (χ4n) is 3.15. The molecule has 0 fully saturated rings. The third-order valence-electron chi connectivity index (χ3n) is 4.72. The number of aryl methyl sites for hydroxylation is 1. The minimum absolute atomic E-state index is 0.108. The molecule has 0 radical (unpaired) electrons. The van der Waals surface area contributed by atoms with Crippen LogP contribution in [0.2, 0.25) is 0 Å². The molecule has 0 amide bonds. The number of oxazole rings is 1. The maximum atomic E-state index is 12.8. The van der Waals surface area contributed by atoms with Crippen molar-refractivity contribution in [1.82, 2.24) is 14.8 Å². The molecule has 30 heavy (non-hydrogen) atoms. The summed E-state index contributed by atoms with van der Waals surface area (Å²) in [4.78, 5) is 29.6. The van der Waals surface area contributed by atoms with Crippen LogP contribution in [0.5, 0.6) is 0 Å². The first-order chi connectivity index (χ1) is 14.7. The van der Waals surface area contributed by atoms with Gasteiger partial charge in [-0.2, -0.15) is 5.10 Å². The fraction of sp³-hybridized carbons (Fsp3) is 0.217. The van der Waals surface area contributed by atoms with Crippen LogP contribution in [0.15, 0.2) is 70.0 Å². The topological polar surface area (TPSA) is 87.2 Å². The smallest absolute Gasteiger partial charge is 0.359 e. The normalized spacial score (nSPS) is 11.0. The molecular formula is C23H21N3O4. The first-order valence-electron chi connectivity index (χ1n) is 9.84. The summed E-state index contributed by atoms with van der Waals surface area (Å²) in [6.07, 6.45) is 3.30. The van der Waals surface area contributed by atoms with E-state index >= 15 is 0 Å². The van der Waals surface area contributed by atoms with E-state index in [-0.39, 0.29) is 23.8 Å². The van der Waals surface area contributed by atoms with Crippen molar-refractivity contribution in [2.24, 2.45) is 0 Å². The van der Waals surface area contributed by atoms with Crippen molar-refractivity contribution in [1.29, 1.82) is 0 Å². The summed E-state index contributed by atoms with van der Waals surface area (Å²) in [6, 6.07) is 16.5. The monoisotopic (exact) mass is 403 g/mol. The van der Waals surface area contributed by atoms with Crippen molar-refractivity contribution in [2.75, 3.05) is 0 Å². The van der Waals surface area contributed by atoms with Gasteiger partial charge in [0.05, 0.1) is 11.6 Å². The molecule has 0 N–H and O–H groups in total. The van der Waals surface area contributed by atoms with Crippen LogP contribution in [0.1, 0.15) is 36.1 Å². The van der Waals surface area contributed by atoms with Gasteiger partial charge in [0, 0.05) is 17.5 Å². The van der Waals surface area contributed by atoms with Gasteiger partial charge in [-0.15, -0.1) is 0 Å². The van der Waals surface area contributed by atoms with Crippen LogP contribution in [0.3, 0.4) is 0 Å². The predicted molar refractivity (Wildman–Crippen MR) is 112 cm³/mol. The van der Waals surface area contributed by atoms with Crippen molar-refractivity contribution in [3.05, 3.63) is 82.7 Å². The fourth-order valence-corrected chi connectivity index (χ4v) is 3.15. The number of fused-ring (bicyclic) bond motifs is 1. The molecule has 0 saturated carbocycles. The molecule has 7 nitrogen and oxygen atoms in total. The maximum Gasteiger partial charge on any atom is 0.359 e. The molecule has 4 aromatic rings. The van der Waals surface area contributed by atoms with Crippen LogP contribution < -0.4 is 5.56 Å². The second-order valence-electron chi connectivity index (χ2n) is 6.84. The summed E-state index contributed by atoms with van der Waals surface area (Å²) in [5.74, 6) is 0.250. The lowest BCUT2D eigenvalue weighted by atomic mass is 10.1. The summed E-state index contributed by atoms with van der Waals surface area (Å²) in [5, 5.41) is 5.19. The zero-order valence-corrected chi connectivity index (χ0v) is 16.6. The minimum Gasteiger partial charge on any atom is -0.451 e. The van der Waals surface area contributed by atoms with Crippen molar-refractivity contribution in [3.8, 4) is 11.3 Å². The SMILES string of the molecule is CCCCn1nc(C(=O)OCc2ncc(-c3ccccc3)o2)c2ccccc2c1=O. The Morgan fingerprint density at radius 1 is 1.07 bits per heavy atom. The minimum atomic E-state index is -0.629. The number of nitrogens with zero attached hydrogens (tertiary/aromatic N) is 3. The average molecular weight is 403 g/mol. The summed E-state index contributed by atoms with van der Waals surface area (Å²) >= 11 is 0. The maximum absolute atomic E-state index is 12.8. The molecule has 2 aromatic heterocycles. The molecule has 0 atom stereocenters. The van der Waals surface area contributed by atoms with Gasteiger partial charge in [-0.1, -0.05) is 61.9 Å². The second-order valence-corrected chi connectivity index (χ2v) is 6.84. The van der Waals surface area contributed by atoms with E-state index in [1.807, 2.05) is 37.3 Å². The van der Waals surface area contributed by atoms with E-state index in [4.69, 9.17) is 9.15 Å². The zero-order chi connectivity index (χ0) is 20.9. The lowest BCUT2D eigenvalue weighted by Crippen LogP contribution is -2.26. The van der Waals surface area contributed by atoms with E-state index in [0.29, 0.717) is 23.1 Å². The van der Waals surface area contributed by atoms with Crippen molar-refractivity contribution < 1.29 is 13.9 Å². The molecule has 7 heteroatoms. The van der Waals surface area contributed by atoms with Gasteiger partial charge in [0.1, 0.15) is 0 Å². The van der Waals surface area contributed by atoms with Gasteiger partial charge in [-0.25, -0.2) is 14.5 Å². The molecule has 0 bridgehead atoms. The van der Waals surface area contributed by atoms with E-state index in [0.717, 1.165) is 18.4 Å². The van der Waals surface area contributed by atoms with Crippen LogP contribution in [0.25, 0.3) is 22.1 Å². The van der Waals surface area contributed by atoms with Crippen LogP contribution in [-0.4, -0.2) is 20.7 Å². The van der Waals surface area contributed by atoms with Crippen LogP contribution in [0.4, 0.5) is 0 Å². The summed E-state index contributed by atoms with van der Waals surface area (Å²) in [7, 11) is 0. The Kier molecular flexibility index (Phi) is 5.70. The average Bonchev–Trinajstić information content (AvgIpc) is 3.27. The molecule has 0 saturated heterocycles. The van der Waals surface area contributed by atoms with Crippen molar-refractivity contribution in [3.63, 3.8) is 0 Å². The zero-order valence-electron chi connectivity index (χ0n) is 16.6. The number of aromatic nitrogens is 3. The largest absolute Gasteiger partial charge is 0.451 e. The lowest BCUT2D eigenvalue weighted by Gasteiger charge is -2.10. The molecule has 0 spiro atoms. The van der Waals surface area contributed by atoms with Crippen LogP contribution >= 0.6 is 0 Å². The summed E-state index contributed by atoms with van der Waals surface area (Å²) in [5.41, 5.74) is 0.783. The molecular weight excluding hydrogens is 382 g/mol. The molecule has 0 unspecified atom stereocenters. The highest BCUT2D eigenvalue weighted by molar-refractivity contribution is 6.02. The van der Waals surface area contributed by atoms with E-state index in [1.54, 1.807) is 30.5 Å². The molecule has 0 aliphatic heterocycles. The highest BCUT2D eigenvalue weighted by Gasteiger charge is 2.19. The molecule has 0 aliphatic carbocycles. The third kappa shape index (κ3) is 4.00. The van der Waals surface area contributed by atoms with Gasteiger partial charge in [-0.3, -0.25) is 4.79 Å². The number of ether oxygens (including phenoxy) is 1. The Morgan fingerprint density at radius 3 is 2.57 bits per heavy atom. The number of hydrogen-bond acceptors (Lipinski definition) is 6. The van der Waals surface area contributed by atoms with Crippen molar-refractivity contribution >= 4 is 16.7 Å². The Labute approximate surface area is 172 Å². The quantitative estimate of drug-likeness (QED) is 0.430. The van der Waals surface area contributed by atoms with Crippen LogP contribution in [0, 0.1) is 0 Å². The standard InChI is InChI=1S/C23H21N3O4/c1-2-3-13-26-22(27)18-12-8-7-11-17(18)21(25-26)23(28)29-15-20-24-14-19(30-20)16-9-5-4-6-10-16/h4-12,14H,2-3,13,15H2,1H3. The number of unbranched alkanes of at least 4 members (excludes halogenated alkanes) is 1. The number of rotatable bonds is 7. The molecule has 2 heterocycles. The molecule has 4 rings (SSSR count). The lowest BCUT2D eigenvalue weighted by molar-refractivity contribution is 0.0431. The van der Waals surface area contributed by atoms with Gasteiger partial charge in [0.2, 0.25) is 5.89 Å². The third-order valence-corrected chi connectivity index (χ3v) is 4.72. The van der Waals surface area contributed by atoms with Gasteiger partial charge >= 0.3 is 5.97 Å². The summed E-state index contributed by atoms with van der Waals surface area (Å²) < 4.78 is 12.4. The molecule has 2 aromatic carbocycles. The molecule has 0 aliphatic rings. The highest BCUT2D eigenvalue weighted by Crippen LogP contribution is 2.20. The number of carbonyl (C=O) groups is 1. The molecule has 152 valence electrons. The Hall–Kier alpha value is -3.74. The first-order valence-corrected chi connectivity index (χ1v) is 9.84. The van der Waals surface area contributed by atoms with Gasteiger partial charge in [0.15, 0.2) is 18.1 Å². The first kappa shape index (κ1) is 19.6. The predicted octanol–water partition coefficient (Wildman–Crippen LogP) is 4.21. The van der Waals surface area contributed by atoms with Gasteiger partial charge in [0.25, 0.3) is 5.56 Å². The van der Waals surface area contributed by atoms with Crippen LogP contribution in [-0.2, 0) is 17.9 Å². The number of carbonyl (C=O) groups excluding carboxylic acids is 1. The number of benzene rings is 2. The van der Waals surface area contributed by atoms with E-state index in [2.05, 4.69) is 10.1 Å². The number of esters is 1. The Balaban J connectivity index is 1.57. The van der Waals surface area contributed by atoms with E-state index in [1.165, 1.54) is 4.68 Å². The number of hydrogen-bond donors (Lipinski definition) is 0. The van der Waals surface area contributed by atoms with Gasteiger partial charge < -0.3 is 9.15 Å². The van der Waals surface area contributed by atoms with E-state index < -0.39 is 5.97 Å². The second kappa shape index (κ2) is 8.73. The van der Waals surface area contributed by atoms with Crippen molar-refractivity contribution in [2.45, 2.75) is 32.9 Å². The van der Waals surface area contributed by atoms with E-state index in [9.17, 15) is 9.59 Å². The van der Waals surface area contributed by atoms with Gasteiger partial charge in [-0.05, 0) is 12.5 Å². The Bertz CT molecular complexity index is 1230. The summed E-state index contributed by atoms with van der Waals surface area (Å²) in [6.45, 7) is 2.34. The Morgan fingerprint density at radius 2 is 1.80 bits per heavy atom. The highest BCUT2D eigenvalue weighted by atomic mass is 16.5.